The Kier molecular flexibility index (Phi) is 5.92. The molecule has 18 heavy (non-hydrogen) atoms. The van der Waals surface area contributed by atoms with Crippen LogP contribution in [0.4, 0.5) is 13.2 Å². The SMILES string of the molecule is CCNCCC=CCc1cccc(C(F)(F)F)c1. The quantitative estimate of drug-likeness (QED) is 0.603. The third-order valence-electron chi connectivity index (χ3n) is 2.51. The van der Waals surface area contributed by atoms with Gasteiger partial charge >= 0.3 is 6.18 Å². The van der Waals surface area contributed by atoms with Crippen molar-refractivity contribution in [2.45, 2.75) is 25.9 Å². The highest BCUT2D eigenvalue weighted by atomic mass is 19.4. The maximum Gasteiger partial charge on any atom is 0.416 e. The van der Waals surface area contributed by atoms with Crippen molar-refractivity contribution < 1.29 is 13.2 Å². The van der Waals surface area contributed by atoms with Gasteiger partial charge in [-0.05, 0) is 37.6 Å². The first-order valence-corrected chi connectivity index (χ1v) is 6.06. The van der Waals surface area contributed by atoms with Crippen LogP contribution in [0.25, 0.3) is 0 Å². The highest BCUT2D eigenvalue weighted by Gasteiger charge is 2.30. The van der Waals surface area contributed by atoms with Crippen molar-refractivity contribution in [2.75, 3.05) is 13.1 Å². The zero-order valence-corrected chi connectivity index (χ0v) is 10.4. The van der Waals surface area contributed by atoms with Crippen molar-refractivity contribution in [1.82, 2.24) is 5.32 Å². The highest BCUT2D eigenvalue weighted by molar-refractivity contribution is 5.27. The first kappa shape index (κ1) is 14.8. The van der Waals surface area contributed by atoms with Gasteiger partial charge in [-0.1, -0.05) is 37.3 Å². The molecule has 1 aromatic rings. The summed E-state index contributed by atoms with van der Waals surface area (Å²) in [6, 6.07) is 5.46. The van der Waals surface area contributed by atoms with E-state index in [4.69, 9.17) is 0 Å². The summed E-state index contributed by atoms with van der Waals surface area (Å²) in [6.07, 6.45) is 1.07. The molecule has 0 radical (unpaired) electrons. The van der Waals surface area contributed by atoms with Crippen LogP contribution in [-0.4, -0.2) is 13.1 Å². The van der Waals surface area contributed by atoms with Gasteiger partial charge in [0.15, 0.2) is 0 Å². The molecule has 1 aromatic carbocycles. The van der Waals surface area contributed by atoms with E-state index in [2.05, 4.69) is 5.32 Å². The second-order valence-corrected chi connectivity index (χ2v) is 4.02. The van der Waals surface area contributed by atoms with Gasteiger partial charge in [0.2, 0.25) is 0 Å². The fourth-order valence-corrected chi connectivity index (χ4v) is 1.57. The zero-order valence-electron chi connectivity index (χ0n) is 10.4. The van der Waals surface area contributed by atoms with E-state index >= 15 is 0 Å². The Hall–Kier alpha value is -1.29. The van der Waals surface area contributed by atoms with Gasteiger partial charge in [-0.25, -0.2) is 0 Å². The van der Waals surface area contributed by atoms with E-state index in [1.807, 2.05) is 19.1 Å². The Morgan fingerprint density at radius 1 is 1.22 bits per heavy atom. The standard InChI is InChI=1S/C14H18F3N/c1-2-18-10-5-3-4-7-12-8-6-9-13(11-12)14(15,16)17/h3-4,6,8-9,11,18H,2,5,7,10H2,1H3. The lowest BCUT2D eigenvalue weighted by Crippen LogP contribution is -2.12. The van der Waals surface area contributed by atoms with Gasteiger partial charge < -0.3 is 5.32 Å². The summed E-state index contributed by atoms with van der Waals surface area (Å²) in [5, 5.41) is 3.18. The average Bonchev–Trinajstić information content (AvgIpc) is 2.33. The van der Waals surface area contributed by atoms with Crippen LogP contribution in [0.5, 0.6) is 0 Å². The normalized spacial score (nSPS) is 12.2. The molecule has 0 saturated carbocycles. The second kappa shape index (κ2) is 7.21. The third kappa shape index (κ3) is 5.36. The van der Waals surface area contributed by atoms with Gasteiger partial charge in [-0.3, -0.25) is 0 Å². The van der Waals surface area contributed by atoms with Gasteiger partial charge in [0.1, 0.15) is 0 Å². The van der Waals surface area contributed by atoms with Gasteiger partial charge in [0.05, 0.1) is 5.56 Å². The van der Waals surface area contributed by atoms with Crippen molar-refractivity contribution in [2.24, 2.45) is 0 Å². The summed E-state index contributed by atoms with van der Waals surface area (Å²) in [6.45, 7) is 3.86. The zero-order chi connectivity index (χ0) is 13.4. The lowest BCUT2D eigenvalue weighted by Gasteiger charge is -2.07. The summed E-state index contributed by atoms with van der Waals surface area (Å²) >= 11 is 0. The van der Waals surface area contributed by atoms with Gasteiger partial charge in [-0.15, -0.1) is 0 Å². The monoisotopic (exact) mass is 257 g/mol. The molecule has 1 N–H and O–H groups in total. The van der Waals surface area contributed by atoms with E-state index in [9.17, 15) is 13.2 Å². The van der Waals surface area contributed by atoms with Crippen molar-refractivity contribution in [3.63, 3.8) is 0 Å². The topological polar surface area (TPSA) is 12.0 Å². The Morgan fingerprint density at radius 2 is 2.00 bits per heavy atom. The van der Waals surface area contributed by atoms with Crippen molar-refractivity contribution in [3.05, 3.63) is 47.5 Å². The van der Waals surface area contributed by atoms with E-state index in [0.29, 0.717) is 12.0 Å². The molecule has 0 aliphatic rings. The summed E-state index contributed by atoms with van der Waals surface area (Å²) in [5.41, 5.74) is 0.102. The Morgan fingerprint density at radius 3 is 2.67 bits per heavy atom. The first-order valence-electron chi connectivity index (χ1n) is 6.06. The Balaban J connectivity index is 2.48. The summed E-state index contributed by atoms with van der Waals surface area (Å²) in [5.74, 6) is 0. The van der Waals surface area contributed by atoms with E-state index in [-0.39, 0.29) is 0 Å². The van der Waals surface area contributed by atoms with Crippen LogP contribution in [-0.2, 0) is 12.6 Å². The Bertz CT molecular complexity index is 383. The largest absolute Gasteiger partial charge is 0.416 e. The lowest BCUT2D eigenvalue weighted by molar-refractivity contribution is -0.137. The van der Waals surface area contributed by atoms with Crippen molar-refractivity contribution >= 4 is 0 Å². The van der Waals surface area contributed by atoms with Crippen LogP contribution in [0, 0.1) is 0 Å². The van der Waals surface area contributed by atoms with Gasteiger partial charge in [0, 0.05) is 0 Å². The Labute approximate surface area is 106 Å². The molecule has 4 heteroatoms. The maximum absolute atomic E-state index is 12.5. The minimum Gasteiger partial charge on any atom is -0.317 e. The summed E-state index contributed by atoms with van der Waals surface area (Å²) < 4.78 is 37.4. The number of hydrogen-bond donors (Lipinski definition) is 1. The molecule has 0 saturated heterocycles. The molecule has 0 bridgehead atoms. The molecular formula is C14H18F3N. The second-order valence-electron chi connectivity index (χ2n) is 4.02. The molecular weight excluding hydrogens is 239 g/mol. The first-order chi connectivity index (χ1) is 8.54. The minimum atomic E-state index is -4.26. The molecule has 0 aliphatic carbocycles. The summed E-state index contributed by atoms with van der Waals surface area (Å²) in [4.78, 5) is 0. The molecule has 0 atom stereocenters. The molecule has 1 rings (SSSR count). The number of allylic oxidation sites excluding steroid dienone is 1. The highest BCUT2D eigenvalue weighted by Crippen LogP contribution is 2.29. The molecule has 1 nitrogen and oxygen atoms in total. The predicted octanol–water partition coefficient (Wildman–Crippen LogP) is 3.80. The molecule has 0 heterocycles. The third-order valence-corrected chi connectivity index (χ3v) is 2.51. The van der Waals surface area contributed by atoms with Crippen LogP contribution in [0.15, 0.2) is 36.4 Å². The molecule has 0 fully saturated rings. The van der Waals surface area contributed by atoms with Crippen LogP contribution in [0.2, 0.25) is 0 Å². The van der Waals surface area contributed by atoms with E-state index < -0.39 is 11.7 Å². The molecule has 0 amide bonds. The van der Waals surface area contributed by atoms with Crippen molar-refractivity contribution in [1.29, 1.82) is 0 Å². The number of hydrogen-bond acceptors (Lipinski definition) is 1. The summed E-state index contributed by atoms with van der Waals surface area (Å²) in [7, 11) is 0. The number of benzene rings is 1. The van der Waals surface area contributed by atoms with Crippen LogP contribution < -0.4 is 5.32 Å². The number of alkyl halides is 3. The number of nitrogens with one attached hydrogen (secondary N) is 1. The predicted molar refractivity (Wildman–Crippen MR) is 67.4 cm³/mol. The maximum atomic E-state index is 12.5. The average molecular weight is 257 g/mol. The van der Waals surface area contributed by atoms with Crippen molar-refractivity contribution in [3.8, 4) is 0 Å². The number of rotatable bonds is 6. The molecule has 0 aliphatic heterocycles. The molecule has 0 spiro atoms. The lowest BCUT2D eigenvalue weighted by atomic mass is 10.1. The van der Waals surface area contributed by atoms with E-state index in [1.165, 1.54) is 12.1 Å². The van der Waals surface area contributed by atoms with Gasteiger partial charge in [-0.2, -0.15) is 13.2 Å². The fraction of sp³-hybridized carbons (Fsp3) is 0.429. The molecule has 100 valence electrons. The fourth-order valence-electron chi connectivity index (χ4n) is 1.57. The number of halogens is 3. The van der Waals surface area contributed by atoms with Crippen LogP contribution >= 0.6 is 0 Å². The van der Waals surface area contributed by atoms with E-state index in [0.717, 1.165) is 25.6 Å². The molecule has 0 aromatic heterocycles. The molecule has 0 unspecified atom stereocenters. The minimum absolute atomic E-state index is 0.538. The van der Waals surface area contributed by atoms with Gasteiger partial charge in [0.25, 0.3) is 0 Å². The smallest absolute Gasteiger partial charge is 0.317 e. The van der Waals surface area contributed by atoms with Crippen LogP contribution in [0.1, 0.15) is 24.5 Å². The van der Waals surface area contributed by atoms with E-state index in [1.54, 1.807) is 6.07 Å². The van der Waals surface area contributed by atoms with Crippen LogP contribution in [0.3, 0.4) is 0 Å².